The number of pyridine rings is 2. The van der Waals surface area contributed by atoms with Gasteiger partial charge in [0.2, 0.25) is 0 Å². The van der Waals surface area contributed by atoms with E-state index in [1.54, 1.807) is 0 Å². The molecule has 154 valence electrons. The van der Waals surface area contributed by atoms with Gasteiger partial charge in [0.1, 0.15) is 0 Å². The average Bonchev–Trinajstić information content (AvgIpc) is 2.84. The van der Waals surface area contributed by atoms with E-state index in [2.05, 4.69) is 29.2 Å². The van der Waals surface area contributed by atoms with E-state index in [1.807, 2.05) is 60.5 Å². The van der Waals surface area contributed by atoms with Crippen molar-refractivity contribution >= 4 is 16.8 Å². The van der Waals surface area contributed by atoms with E-state index in [0.29, 0.717) is 31.9 Å². The molecular formula is C26H23N3O2. The molecule has 1 saturated heterocycles. The molecule has 0 atom stereocenters. The number of hydrogen-bond acceptors (Lipinski definition) is 4. The Bertz CT molecular complexity index is 1250. The van der Waals surface area contributed by atoms with E-state index in [-0.39, 0.29) is 5.91 Å². The summed E-state index contributed by atoms with van der Waals surface area (Å²) in [5.41, 5.74) is 6.51. The molecule has 31 heavy (non-hydrogen) atoms. The Morgan fingerprint density at radius 2 is 1.74 bits per heavy atom. The van der Waals surface area contributed by atoms with Crippen LogP contribution in [0.25, 0.3) is 33.3 Å². The van der Waals surface area contributed by atoms with Crippen molar-refractivity contribution in [2.24, 2.45) is 0 Å². The highest BCUT2D eigenvalue weighted by Crippen LogP contribution is 2.35. The first-order valence-electron chi connectivity index (χ1n) is 10.5. The molecule has 0 radical (unpaired) electrons. The minimum absolute atomic E-state index is 0.0335. The molecule has 5 nitrogen and oxygen atoms in total. The van der Waals surface area contributed by atoms with Gasteiger partial charge < -0.3 is 9.64 Å². The maximum atomic E-state index is 13.1. The molecule has 5 rings (SSSR count). The van der Waals surface area contributed by atoms with Crippen molar-refractivity contribution in [3.8, 4) is 22.4 Å². The lowest BCUT2D eigenvalue weighted by Crippen LogP contribution is -2.40. The van der Waals surface area contributed by atoms with Gasteiger partial charge in [-0.2, -0.15) is 0 Å². The van der Waals surface area contributed by atoms with E-state index in [0.717, 1.165) is 39.0 Å². The molecule has 2 aromatic heterocycles. The van der Waals surface area contributed by atoms with Crippen LogP contribution >= 0.6 is 0 Å². The van der Waals surface area contributed by atoms with Crippen LogP contribution in [-0.4, -0.2) is 47.1 Å². The van der Waals surface area contributed by atoms with Crippen LogP contribution in [0.2, 0.25) is 0 Å². The highest BCUT2D eigenvalue weighted by molar-refractivity contribution is 6.03. The number of carbonyl (C=O) groups is 1. The normalized spacial score (nSPS) is 14.0. The summed E-state index contributed by atoms with van der Waals surface area (Å²) >= 11 is 0. The Morgan fingerprint density at radius 1 is 0.935 bits per heavy atom. The van der Waals surface area contributed by atoms with Crippen LogP contribution in [0.3, 0.4) is 0 Å². The Labute approximate surface area is 181 Å². The average molecular weight is 409 g/mol. The Balaban J connectivity index is 1.67. The zero-order chi connectivity index (χ0) is 21.2. The van der Waals surface area contributed by atoms with Crippen molar-refractivity contribution in [1.29, 1.82) is 0 Å². The first-order valence-corrected chi connectivity index (χ1v) is 10.5. The van der Waals surface area contributed by atoms with Gasteiger partial charge in [-0.3, -0.25) is 14.8 Å². The van der Waals surface area contributed by atoms with Crippen LogP contribution in [-0.2, 0) is 4.74 Å². The zero-order valence-electron chi connectivity index (χ0n) is 17.4. The molecule has 0 saturated carbocycles. The summed E-state index contributed by atoms with van der Waals surface area (Å²) in [7, 11) is 0. The number of hydrogen-bond donors (Lipinski definition) is 0. The lowest BCUT2D eigenvalue weighted by atomic mass is 9.95. The van der Waals surface area contributed by atoms with Crippen LogP contribution in [0, 0.1) is 6.92 Å². The molecule has 0 bridgehead atoms. The summed E-state index contributed by atoms with van der Waals surface area (Å²) in [5.74, 6) is 0.0335. The number of benzene rings is 2. The fraction of sp³-hybridized carbons (Fsp3) is 0.192. The molecule has 0 unspecified atom stereocenters. The monoisotopic (exact) mass is 409 g/mol. The second kappa shape index (κ2) is 8.28. The Kier molecular flexibility index (Phi) is 5.18. The second-order valence-corrected chi connectivity index (χ2v) is 7.71. The Hall–Kier alpha value is -3.57. The van der Waals surface area contributed by atoms with Crippen molar-refractivity contribution in [2.75, 3.05) is 26.3 Å². The first kappa shape index (κ1) is 19.4. The molecular weight excluding hydrogens is 386 g/mol. The van der Waals surface area contributed by atoms with E-state index in [1.165, 1.54) is 0 Å². The van der Waals surface area contributed by atoms with Gasteiger partial charge in [0.15, 0.2) is 0 Å². The predicted molar refractivity (Wildman–Crippen MR) is 122 cm³/mol. The maximum absolute atomic E-state index is 13.1. The summed E-state index contributed by atoms with van der Waals surface area (Å²) in [6.07, 6.45) is 1.81. The summed E-state index contributed by atoms with van der Waals surface area (Å²) in [4.78, 5) is 24.3. The van der Waals surface area contributed by atoms with Gasteiger partial charge in [-0.05, 0) is 42.8 Å². The molecule has 5 heteroatoms. The third-order valence-electron chi connectivity index (χ3n) is 5.63. The quantitative estimate of drug-likeness (QED) is 0.490. The van der Waals surface area contributed by atoms with Gasteiger partial charge in [-0.15, -0.1) is 0 Å². The molecule has 4 aromatic rings. The number of amides is 1. The SMILES string of the molecule is Cc1cc(-c2cccnc2-c2ccccc2)c2cc(C(=O)N3CCOCC3)ccc2n1. The van der Waals surface area contributed by atoms with Gasteiger partial charge in [0.05, 0.1) is 24.4 Å². The summed E-state index contributed by atoms with van der Waals surface area (Å²) in [6, 6.07) is 22.1. The third kappa shape index (κ3) is 3.80. The van der Waals surface area contributed by atoms with Crippen molar-refractivity contribution in [3.63, 3.8) is 0 Å². The molecule has 0 N–H and O–H groups in total. The summed E-state index contributed by atoms with van der Waals surface area (Å²) in [5, 5.41) is 0.954. The molecule has 1 aliphatic heterocycles. The highest BCUT2D eigenvalue weighted by atomic mass is 16.5. The number of ether oxygens (including phenoxy) is 1. The van der Waals surface area contributed by atoms with Gasteiger partial charge in [0.25, 0.3) is 5.91 Å². The van der Waals surface area contributed by atoms with Crippen molar-refractivity contribution in [1.82, 2.24) is 14.9 Å². The largest absolute Gasteiger partial charge is 0.378 e. The van der Waals surface area contributed by atoms with E-state index in [4.69, 9.17) is 9.72 Å². The lowest BCUT2D eigenvalue weighted by Gasteiger charge is -2.27. The molecule has 1 aliphatic rings. The first-order chi connectivity index (χ1) is 15.2. The number of fused-ring (bicyclic) bond motifs is 1. The molecule has 3 heterocycles. The van der Waals surface area contributed by atoms with E-state index in [9.17, 15) is 4.79 Å². The van der Waals surface area contributed by atoms with Crippen LogP contribution in [0.1, 0.15) is 16.1 Å². The molecule has 0 aliphatic carbocycles. The van der Waals surface area contributed by atoms with Gasteiger partial charge in [-0.1, -0.05) is 36.4 Å². The minimum atomic E-state index is 0.0335. The zero-order valence-corrected chi connectivity index (χ0v) is 17.4. The van der Waals surface area contributed by atoms with Crippen LogP contribution in [0.5, 0.6) is 0 Å². The minimum Gasteiger partial charge on any atom is -0.378 e. The lowest BCUT2D eigenvalue weighted by molar-refractivity contribution is 0.0303. The smallest absolute Gasteiger partial charge is 0.254 e. The highest BCUT2D eigenvalue weighted by Gasteiger charge is 2.20. The van der Waals surface area contributed by atoms with Gasteiger partial charge >= 0.3 is 0 Å². The van der Waals surface area contributed by atoms with E-state index < -0.39 is 0 Å². The fourth-order valence-corrected chi connectivity index (χ4v) is 4.11. The molecule has 1 fully saturated rings. The maximum Gasteiger partial charge on any atom is 0.254 e. The van der Waals surface area contributed by atoms with E-state index >= 15 is 0 Å². The van der Waals surface area contributed by atoms with Crippen molar-refractivity contribution in [2.45, 2.75) is 6.92 Å². The van der Waals surface area contributed by atoms with Crippen LogP contribution in [0.15, 0.2) is 72.9 Å². The second-order valence-electron chi connectivity index (χ2n) is 7.71. The summed E-state index contributed by atoms with van der Waals surface area (Å²) in [6.45, 7) is 4.41. The number of aromatic nitrogens is 2. The topological polar surface area (TPSA) is 55.3 Å². The molecule has 1 amide bonds. The number of aryl methyl sites for hydroxylation is 1. The standard InChI is InChI=1S/C26H23N3O2/c1-18-16-22(21-8-5-11-27-25(21)19-6-3-2-4-7-19)23-17-20(9-10-24(23)28-18)26(30)29-12-14-31-15-13-29/h2-11,16-17H,12-15H2,1H3. The van der Waals surface area contributed by atoms with Gasteiger partial charge in [0, 0.05) is 47.1 Å². The van der Waals surface area contributed by atoms with Crippen LogP contribution in [0.4, 0.5) is 0 Å². The number of nitrogens with zero attached hydrogens (tertiary/aromatic N) is 3. The van der Waals surface area contributed by atoms with Crippen molar-refractivity contribution < 1.29 is 9.53 Å². The Morgan fingerprint density at radius 3 is 2.55 bits per heavy atom. The summed E-state index contributed by atoms with van der Waals surface area (Å²) < 4.78 is 5.39. The van der Waals surface area contributed by atoms with Gasteiger partial charge in [-0.25, -0.2) is 0 Å². The molecule has 0 spiro atoms. The number of rotatable bonds is 3. The number of morpholine rings is 1. The van der Waals surface area contributed by atoms with Crippen molar-refractivity contribution in [3.05, 3.63) is 84.2 Å². The van der Waals surface area contributed by atoms with Crippen LogP contribution < -0.4 is 0 Å². The predicted octanol–water partition coefficient (Wildman–Crippen LogP) is 4.74. The molecule has 2 aromatic carbocycles. The fourth-order valence-electron chi connectivity index (χ4n) is 4.11. The number of carbonyl (C=O) groups excluding carboxylic acids is 1. The third-order valence-corrected chi connectivity index (χ3v) is 5.63.